The van der Waals surface area contributed by atoms with Crippen LogP contribution >= 0.6 is 0 Å². The van der Waals surface area contributed by atoms with Crippen molar-refractivity contribution < 1.29 is 49.0 Å². The number of fused-ring (bicyclic) bond motifs is 1. The van der Waals surface area contributed by atoms with Crippen LogP contribution in [0.2, 0.25) is 0 Å². The summed E-state index contributed by atoms with van der Waals surface area (Å²) in [6.45, 7) is 1.22. The Morgan fingerprint density at radius 3 is 2.56 bits per heavy atom. The number of aliphatic hydroxyl groups is 4. The molecule has 0 spiro atoms. The number of carbonyl (C=O) groups is 2. The molecule has 27 heavy (non-hydrogen) atoms. The van der Waals surface area contributed by atoms with Crippen LogP contribution < -0.4 is 0 Å². The van der Waals surface area contributed by atoms with Crippen molar-refractivity contribution in [3.8, 4) is 0 Å². The largest absolute Gasteiger partial charge is 0.472 e. The van der Waals surface area contributed by atoms with Gasteiger partial charge in [0, 0.05) is 12.3 Å². The Morgan fingerprint density at radius 1 is 1.22 bits per heavy atom. The van der Waals surface area contributed by atoms with Gasteiger partial charge in [0.15, 0.2) is 6.29 Å². The van der Waals surface area contributed by atoms with Crippen molar-refractivity contribution in [2.24, 2.45) is 17.8 Å². The van der Waals surface area contributed by atoms with E-state index in [4.69, 9.17) is 18.9 Å². The highest BCUT2D eigenvalue weighted by atomic mass is 16.8. The Kier molecular flexibility index (Phi) is 5.84. The lowest BCUT2D eigenvalue weighted by atomic mass is 9.83. The minimum Gasteiger partial charge on any atom is -0.472 e. The lowest BCUT2D eigenvalue weighted by Gasteiger charge is -2.42. The zero-order chi connectivity index (χ0) is 19.9. The summed E-state index contributed by atoms with van der Waals surface area (Å²) in [6.07, 6.45) is -6.93. The molecular weight excluding hydrogens is 364 g/mol. The molecule has 2 heterocycles. The Bertz CT molecular complexity index is 617. The van der Waals surface area contributed by atoms with Crippen LogP contribution in [0.4, 0.5) is 0 Å². The molecule has 0 aromatic heterocycles. The monoisotopic (exact) mass is 388 g/mol. The molecule has 1 saturated carbocycles. The summed E-state index contributed by atoms with van der Waals surface area (Å²) >= 11 is 0. The van der Waals surface area contributed by atoms with E-state index in [1.54, 1.807) is 0 Å². The zero-order valence-electron chi connectivity index (χ0n) is 14.9. The van der Waals surface area contributed by atoms with Gasteiger partial charge < -0.3 is 39.4 Å². The molecule has 9 atom stereocenters. The van der Waals surface area contributed by atoms with Gasteiger partial charge in [0.05, 0.1) is 31.5 Å². The van der Waals surface area contributed by atoms with Gasteiger partial charge in [-0.3, -0.25) is 4.79 Å². The fraction of sp³-hybridized carbons (Fsp3) is 0.765. The molecule has 3 rings (SSSR count). The maximum absolute atomic E-state index is 12.4. The van der Waals surface area contributed by atoms with Crippen molar-refractivity contribution in [1.29, 1.82) is 0 Å². The van der Waals surface area contributed by atoms with Gasteiger partial charge in [0.2, 0.25) is 6.29 Å². The minimum atomic E-state index is -1.59. The van der Waals surface area contributed by atoms with E-state index in [0.717, 1.165) is 6.26 Å². The molecule has 10 heteroatoms. The Balaban J connectivity index is 1.82. The summed E-state index contributed by atoms with van der Waals surface area (Å²) in [5, 5.41) is 39.1. The first kappa shape index (κ1) is 20.2. The molecule has 0 aromatic carbocycles. The summed E-state index contributed by atoms with van der Waals surface area (Å²) in [5.74, 6) is -2.28. The third-order valence-electron chi connectivity index (χ3n) is 5.43. The highest BCUT2D eigenvalue weighted by Gasteiger charge is 2.54. The molecule has 0 radical (unpaired) electrons. The van der Waals surface area contributed by atoms with E-state index < -0.39 is 61.4 Å². The second-order valence-corrected chi connectivity index (χ2v) is 7.11. The minimum absolute atomic E-state index is 0.102. The summed E-state index contributed by atoms with van der Waals surface area (Å²) in [4.78, 5) is 24.4. The summed E-state index contributed by atoms with van der Waals surface area (Å²) in [5.41, 5.74) is 0.102. The Hall–Kier alpha value is -1.56. The topological polar surface area (TPSA) is 152 Å². The van der Waals surface area contributed by atoms with Gasteiger partial charge >= 0.3 is 5.97 Å². The van der Waals surface area contributed by atoms with E-state index >= 15 is 0 Å². The number of Topliss-reactive ketones (excluding diaryl/α,β-unsaturated/α-hetero) is 1. The van der Waals surface area contributed by atoms with E-state index in [9.17, 15) is 30.0 Å². The smallest absolute Gasteiger partial charge is 0.337 e. The van der Waals surface area contributed by atoms with Crippen LogP contribution in [0.3, 0.4) is 0 Å². The average Bonchev–Trinajstić information content (AvgIpc) is 2.96. The van der Waals surface area contributed by atoms with Crippen LogP contribution in [0.15, 0.2) is 11.8 Å². The molecule has 1 saturated heterocycles. The molecule has 10 nitrogen and oxygen atoms in total. The van der Waals surface area contributed by atoms with Gasteiger partial charge in [-0.05, 0) is 5.92 Å². The van der Waals surface area contributed by atoms with Crippen LogP contribution in [0.25, 0.3) is 0 Å². The summed E-state index contributed by atoms with van der Waals surface area (Å²) < 4.78 is 21.2. The summed E-state index contributed by atoms with van der Waals surface area (Å²) in [6, 6.07) is 0. The quantitative estimate of drug-likeness (QED) is 0.400. The van der Waals surface area contributed by atoms with E-state index in [2.05, 4.69) is 0 Å². The Morgan fingerprint density at radius 2 is 1.93 bits per heavy atom. The van der Waals surface area contributed by atoms with Crippen molar-refractivity contribution in [1.82, 2.24) is 0 Å². The number of methoxy groups -OCH3 is 1. The van der Waals surface area contributed by atoms with Crippen molar-refractivity contribution in [2.75, 3.05) is 13.7 Å². The number of carbonyl (C=O) groups excluding carboxylic acids is 2. The second kappa shape index (κ2) is 7.82. The number of ketones is 1. The van der Waals surface area contributed by atoms with Gasteiger partial charge in [-0.25, -0.2) is 4.79 Å². The van der Waals surface area contributed by atoms with Crippen molar-refractivity contribution >= 4 is 11.8 Å². The van der Waals surface area contributed by atoms with E-state index in [1.807, 2.05) is 6.92 Å². The lowest BCUT2D eigenvalue weighted by Crippen LogP contribution is -2.60. The van der Waals surface area contributed by atoms with Crippen LogP contribution in [-0.4, -0.2) is 82.9 Å². The number of rotatable bonds is 4. The lowest BCUT2D eigenvalue weighted by molar-refractivity contribution is -0.342. The molecular formula is C17H24O10. The fourth-order valence-electron chi connectivity index (χ4n) is 3.96. The Labute approximate surface area is 155 Å². The van der Waals surface area contributed by atoms with Crippen molar-refractivity contribution in [2.45, 2.75) is 50.3 Å². The van der Waals surface area contributed by atoms with E-state index in [-0.39, 0.29) is 23.7 Å². The molecule has 152 valence electrons. The van der Waals surface area contributed by atoms with Crippen LogP contribution in [0.5, 0.6) is 0 Å². The van der Waals surface area contributed by atoms with Gasteiger partial charge in [0.25, 0.3) is 0 Å². The van der Waals surface area contributed by atoms with Crippen LogP contribution in [-0.2, 0) is 28.5 Å². The van der Waals surface area contributed by atoms with Crippen LogP contribution in [0, 0.1) is 17.8 Å². The average molecular weight is 388 g/mol. The molecule has 2 aliphatic heterocycles. The molecule has 2 fully saturated rings. The molecule has 0 amide bonds. The number of aliphatic hydroxyl groups excluding tert-OH is 4. The van der Waals surface area contributed by atoms with E-state index in [0.29, 0.717) is 0 Å². The van der Waals surface area contributed by atoms with Crippen molar-refractivity contribution in [3.63, 3.8) is 0 Å². The molecule has 0 unspecified atom stereocenters. The first-order valence-electron chi connectivity index (χ1n) is 8.72. The highest BCUT2D eigenvalue weighted by Crippen LogP contribution is 2.45. The standard InChI is InChI=1S/C17H24O10/c1-6-3-8(19)11-7(15(23)24-2)5-25-16(10(6)11)27-17-14(22)13(21)12(20)9(4-18)26-17/h5-6,9-14,16-18,20-22H,3-4H2,1-2H3/t6-,9-,10+,11-,12+,13+,14-,16-,17-/m1/s1. The predicted molar refractivity (Wildman–Crippen MR) is 85.6 cm³/mol. The number of hydrogen-bond donors (Lipinski definition) is 4. The predicted octanol–water partition coefficient (Wildman–Crippen LogP) is -1.94. The molecule has 4 N–H and O–H groups in total. The highest BCUT2D eigenvalue weighted by molar-refractivity contribution is 5.99. The third-order valence-corrected chi connectivity index (χ3v) is 5.43. The normalized spacial score (nSPS) is 44.3. The summed E-state index contributed by atoms with van der Waals surface area (Å²) in [7, 11) is 1.21. The number of esters is 1. The second-order valence-electron chi connectivity index (χ2n) is 7.11. The van der Waals surface area contributed by atoms with E-state index in [1.165, 1.54) is 7.11 Å². The first-order chi connectivity index (χ1) is 12.8. The van der Waals surface area contributed by atoms with Gasteiger partial charge in [0.1, 0.15) is 30.2 Å². The molecule has 0 bridgehead atoms. The molecule has 1 aliphatic carbocycles. The fourth-order valence-corrected chi connectivity index (χ4v) is 3.96. The van der Waals surface area contributed by atoms with Gasteiger partial charge in [-0.2, -0.15) is 0 Å². The van der Waals surface area contributed by atoms with Gasteiger partial charge in [-0.1, -0.05) is 6.92 Å². The number of hydrogen-bond acceptors (Lipinski definition) is 10. The van der Waals surface area contributed by atoms with Crippen molar-refractivity contribution in [3.05, 3.63) is 11.8 Å². The molecule has 0 aromatic rings. The maximum Gasteiger partial charge on any atom is 0.337 e. The first-order valence-corrected chi connectivity index (χ1v) is 8.72. The third kappa shape index (κ3) is 3.48. The zero-order valence-corrected chi connectivity index (χ0v) is 14.9. The maximum atomic E-state index is 12.4. The number of ether oxygens (including phenoxy) is 4. The van der Waals surface area contributed by atoms with Gasteiger partial charge in [-0.15, -0.1) is 0 Å². The SMILES string of the molecule is COC(=O)C1=CO[C@H](O[C@H]2O[C@H](CO)[C@H](O)[C@H](O)[C@H]2O)[C@@H]2[C@H]1C(=O)C[C@H]2C. The van der Waals surface area contributed by atoms with Crippen LogP contribution in [0.1, 0.15) is 13.3 Å². The molecule has 3 aliphatic rings.